The van der Waals surface area contributed by atoms with Crippen LogP contribution in [0.1, 0.15) is 23.2 Å². The van der Waals surface area contributed by atoms with E-state index in [2.05, 4.69) is 36.8 Å². The number of rotatable bonds is 2. The number of hydrogen-bond donors (Lipinski definition) is 0. The molecule has 1 aromatic carbocycles. The summed E-state index contributed by atoms with van der Waals surface area (Å²) >= 11 is 6.52. The van der Waals surface area contributed by atoms with E-state index in [9.17, 15) is 13.2 Å². The first-order valence-corrected chi connectivity index (χ1v) is 6.98. The van der Waals surface area contributed by atoms with Gasteiger partial charge in [-0.25, -0.2) is 4.98 Å². The second-order valence-electron chi connectivity index (χ2n) is 3.87. The molecule has 0 N–H and O–H groups in total. The van der Waals surface area contributed by atoms with E-state index in [1.165, 1.54) is 12.1 Å². The average Bonchev–Trinajstić information content (AvgIpc) is 2.70. The zero-order valence-corrected chi connectivity index (χ0v) is 12.8. The molecule has 1 aromatic heterocycles. The third-order valence-corrected chi connectivity index (χ3v) is 3.36. The molecule has 0 amide bonds. The van der Waals surface area contributed by atoms with Crippen LogP contribution in [0.4, 0.5) is 13.2 Å². The minimum Gasteiger partial charge on any atom is -0.432 e. The Morgan fingerprint density at radius 2 is 1.79 bits per heavy atom. The number of hydrogen-bond acceptors (Lipinski definition) is 2. The summed E-state index contributed by atoms with van der Waals surface area (Å²) in [6.07, 6.45) is -4.34. The highest BCUT2D eigenvalue weighted by Crippen LogP contribution is 2.35. The molecule has 2 rings (SSSR count). The van der Waals surface area contributed by atoms with Crippen molar-refractivity contribution in [2.24, 2.45) is 0 Å². The molecule has 19 heavy (non-hydrogen) atoms. The molecule has 0 aliphatic rings. The highest BCUT2D eigenvalue weighted by Gasteiger charge is 2.30. The van der Waals surface area contributed by atoms with Crippen molar-refractivity contribution in [3.05, 3.63) is 40.4 Å². The summed E-state index contributed by atoms with van der Waals surface area (Å²) in [5.74, 6) is 0.460. The van der Waals surface area contributed by atoms with Crippen LogP contribution in [-0.2, 0) is 6.18 Å². The fourth-order valence-corrected chi connectivity index (χ4v) is 2.16. The summed E-state index contributed by atoms with van der Waals surface area (Å²) in [6, 6.07) is 4.78. The molecule has 0 fully saturated rings. The van der Waals surface area contributed by atoms with Crippen molar-refractivity contribution in [2.75, 3.05) is 0 Å². The minimum atomic E-state index is -4.34. The molecular formula is C12H8Br2F3NO. The first-order valence-electron chi connectivity index (χ1n) is 5.27. The first kappa shape index (κ1) is 14.6. The third kappa shape index (κ3) is 3.20. The molecule has 0 saturated carbocycles. The van der Waals surface area contributed by atoms with Gasteiger partial charge in [-0.05, 0) is 35.0 Å². The lowest BCUT2D eigenvalue weighted by molar-refractivity contribution is -0.137. The Labute approximate surface area is 124 Å². The van der Waals surface area contributed by atoms with Gasteiger partial charge in [-0.3, -0.25) is 0 Å². The van der Waals surface area contributed by atoms with Crippen molar-refractivity contribution in [3.63, 3.8) is 0 Å². The summed E-state index contributed by atoms with van der Waals surface area (Å²) in [6.45, 7) is 1.84. The van der Waals surface area contributed by atoms with Gasteiger partial charge < -0.3 is 4.42 Å². The van der Waals surface area contributed by atoms with Crippen molar-refractivity contribution in [1.29, 1.82) is 0 Å². The maximum atomic E-state index is 12.5. The van der Waals surface area contributed by atoms with E-state index in [1.807, 2.05) is 6.92 Å². The largest absolute Gasteiger partial charge is 0.432 e. The van der Waals surface area contributed by atoms with Crippen LogP contribution in [-0.4, -0.2) is 4.98 Å². The summed E-state index contributed by atoms with van der Waals surface area (Å²) < 4.78 is 43.1. The Morgan fingerprint density at radius 3 is 2.21 bits per heavy atom. The van der Waals surface area contributed by atoms with Gasteiger partial charge in [0.05, 0.1) is 10.4 Å². The van der Waals surface area contributed by atoms with Crippen molar-refractivity contribution >= 4 is 31.9 Å². The Morgan fingerprint density at radius 1 is 1.21 bits per heavy atom. The van der Waals surface area contributed by atoms with E-state index in [0.29, 0.717) is 21.8 Å². The zero-order valence-electron chi connectivity index (χ0n) is 9.63. The molecule has 0 aliphatic heterocycles. The molecule has 7 heteroatoms. The third-order valence-electron chi connectivity index (χ3n) is 2.43. The van der Waals surface area contributed by atoms with Crippen molar-refractivity contribution in [2.45, 2.75) is 17.9 Å². The Hall–Kier alpha value is -0.820. The maximum absolute atomic E-state index is 12.5. The van der Waals surface area contributed by atoms with E-state index in [0.717, 1.165) is 12.1 Å². The number of alkyl halides is 4. The van der Waals surface area contributed by atoms with Crippen molar-refractivity contribution < 1.29 is 17.6 Å². The molecule has 2 nitrogen and oxygen atoms in total. The lowest BCUT2D eigenvalue weighted by Gasteiger charge is -2.06. The van der Waals surface area contributed by atoms with E-state index in [1.54, 1.807) is 0 Å². The molecule has 2 aromatic rings. The normalized spacial score (nSPS) is 13.6. The van der Waals surface area contributed by atoms with Crippen LogP contribution in [0.25, 0.3) is 11.3 Å². The van der Waals surface area contributed by atoms with Crippen LogP contribution < -0.4 is 0 Å². The summed E-state index contributed by atoms with van der Waals surface area (Å²) in [4.78, 5) is 4.15. The number of nitrogens with zero attached hydrogens (tertiary/aromatic N) is 1. The molecule has 0 radical (unpaired) electrons. The lowest BCUT2D eigenvalue weighted by atomic mass is 10.1. The van der Waals surface area contributed by atoms with Gasteiger partial charge >= 0.3 is 6.18 Å². The molecule has 1 heterocycles. The van der Waals surface area contributed by atoms with E-state index >= 15 is 0 Å². The van der Waals surface area contributed by atoms with Crippen LogP contribution in [0.15, 0.2) is 33.4 Å². The van der Waals surface area contributed by atoms with Gasteiger partial charge in [-0.2, -0.15) is 13.2 Å². The average molecular weight is 399 g/mol. The van der Waals surface area contributed by atoms with Gasteiger partial charge in [0.2, 0.25) is 5.89 Å². The summed E-state index contributed by atoms with van der Waals surface area (Å²) in [7, 11) is 0. The quantitative estimate of drug-likeness (QED) is 0.617. The van der Waals surface area contributed by atoms with E-state index in [-0.39, 0.29) is 4.83 Å². The number of oxazole rings is 1. The van der Waals surface area contributed by atoms with Crippen LogP contribution in [0, 0.1) is 0 Å². The van der Waals surface area contributed by atoms with Crippen molar-refractivity contribution in [1.82, 2.24) is 4.98 Å². The van der Waals surface area contributed by atoms with E-state index in [4.69, 9.17) is 4.42 Å². The summed E-state index contributed by atoms with van der Waals surface area (Å²) in [5, 5.41) is 0. The monoisotopic (exact) mass is 397 g/mol. The van der Waals surface area contributed by atoms with Gasteiger partial charge in [0.1, 0.15) is 5.69 Å². The van der Waals surface area contributed by atoms with Crippen LogP contribution >= 0.6 is 31.9 Å². The smallest absolute Gasteiger partial charge is 0.416 e. The van der Waals surface area contributed by atoms with Gasteiger partial charge in [-0.1, -0.05) is 28.1 Å². The molecule has 1 unspecified atom stereocenters. The molecule has 1 atom stereocenters. The molecular weight excluding hydrogens is 391 g/mol. The topological polar surface area (TPSA) is 26.0 Å². The van der Waals surface area contributed by atoms with E-state index < -0.39 is 11.7 Å². The fraction of sp³-hybridized carbons (Fsp3) is 0.250. The number of benzene rings is 1. The van der Waals surface area contributed by atoms with Gasteiger partial charge in [-0.15, -0.1) is 0 Å². The van der Waals surface area contributed by atoms with Crippen LogP contribution in [0.2, 0.25) is 0 Å². The number of aromatic nitrogens is 1. The lowest BCUT2D eigenvalue weighted by Crippen LogP contribution is -2.04. The standard InChI is InChI=1S/C12H8Br2F3NO/c1-6(13)11-18-9(10(14)19-11)7-2-4-8(5-3-7)12(15,16)17/h2-6H,1H3. The number of halogens is 5. The van der Waals surface area contributed by atoms with Crippen LogP contribution in [0.5, 0.6) is 0 Å². The molecule has 0 spiro atoms. The highest BCUT2D eigenvalue weighted by atomic mass is 79.9. The van der Waals surface area contributed by atoms with Gasteiger partial charge in [0.15, 0.2) is 4.67 Å². The molecule has 0 saturated heterocycles. The minimum absolute atomic E-state index is 0.0769. The SMILES string of the molecule is CC(Br)c1nc(-c2ccc(C(F)(F)F)cc2)c(Br)o1. The zero-order chi connectivity index (χ0) is 14.2. The first-order chi connectivity index (χ1) is 8.79. The second-order valence-corrected chi connectivity index (χ2v) is 5.96. The Balaban J connectivity index is 2.37. The predicted octanol–water partition coefficient (Wildman–Crippen LogP) is 5.58. The van der Waals surface area contributed by atoms with Gasteiger partial charge in [0.25, 0.3) is 0 Å². The Bertz CT molecular complexity index is 576. The Kier molecular flexibility index (Phi) is 4.06. The summed E-state index contributed by atoms with van der Waals surface area (Å²) in [5.41, 5.74) is 0.350. The molecule has 102 valence electrons. The molecule has 0 bridgehead atoms. The molecule has 0 aliphatic carbocycles. The maximum Gasteiger partial charge on any atom is 0.416 e. The van der Waals surface area contributed by atoms with Gasteiger partial charge in [0, 0.05) is 5.56 Å². The van der Waals surface area contributed by atoms with Crippen LogP contribution in [0.3, 0.4) is 0 Å². The second kappa shape index (κ2) is 5.28. The highest BCUT2D eigenvalue weighted by molar-refractivity contribution is 9.10. The predicted molar refractivity (Wildman–Crippen MR) is 72.0 cm³/mol. The van der Waals surface area contributed by atoms with Crippen molar-refractivity contribution in [3.8, 4) is 11.3 Å². The fourth-order valence-electron chi connectivity index (χ4n) is 1.48.